The lowest BCUT2D eigenvalue weighted by Gasteiger charge is -2.07. The van der Waals surface area contributed by atoms with Gasteiger partial charge in [0.25, 0.3) is 5.91 Å². The van der Waals surface area contributed by atoms with Crippen molar-refractivity contribution in [3.63, 3.8) is 0 Å². The zero-order chi connectivity index (χ0) is 16.5. The van der Waals surface area contributed by atoms with Crippen LogP contribution < -0.4 is 5.32 Å². The summed E-state index contributed by atoms with van der Waals surface area (Å²) in [6.07, 6.45) is 2.67. The van der Waals surface area contributed by atoms with Crippen LogP contribution in [-0.2, 0) is 18.3 Å². The number of amides is 1. The third-order valence-electron chi connectivity index (χ3n) is 4.32. The van der Waals surface area contributed by atoms with Gasteiger partial charge >= 0.3 is 0 Å². The van der Waals surface area contributed by atoms with Crippen molar-refractivity contribution in [1.29, 1.82) is 0 Å². The van der Waals surface area contributed by atoms with Crippen LogP contribution in [0.25, 0.3) is 11.0 Å². The third-order valence-corrected chi connectivity index (χ3v) is 4.32. The molecule has 3 aromatic rings. The Bertz CT molecular complexity index is 842. The smallest absolute Gasteiger partial charge is 0.255 e. The van der Waals surface area contributed by atoms with Crippen LogP contribution in [-0.4, -0.2) is 28.9 Å². The van der Waals surface area contributed by atoms with Crippen LogP contribution in [0.3, 0.4) is 0 Å². The highest BCUT2D eigenvalue weighted by Crippen LogP contribution is 2.26. The molecule has 0 radical (unpaired) electrons. The number of para-hydroxylation sites is 1. The molecule has 0 saturated carbocycles. The molecule has 2 aromatic heterocycles. The number of aryl methyl sites for hydroxylation is 1. The van der Waals surface area contributed by atoms with E-state index in [0.717, 1.165) is 35.5 Å². The van der Waals surface area contributed by atoms with Crippen molar-refractivity contribution < 1.29 is 13.9 Å². The Balaban J connectivity index is 1.50. The first-order chi connectivity index (χ1) is 11.7. The summed E-state index contributed by atoms with van der Waals surface area (Å²) >= 11 is 0. The van der Waals surface area contributed by atoms with Gasteiger partial charge in [0, 0.05) is 31.2 Å². The molecule has 1 aromatic carbocycles. The molecule has 6 nitrogen and oxygen atoms in total. The minimum atomic E-state index is -0.134. The van der Waals surface area contributed by atoms with E-state index in [9.17, 15) is 4.79 Å². The molecule has 4 rings (SSSR count). The van der Waals surface area contributed by atoms with E-state index in [4.69, 9.17) is 9.15 Å². The van der Waals surface area contributed by atoms with Crippen molar-refractivity contribution >= 4 is 16.9 Å². The minimum Gasteiger partial charge on any atom is -0.459 e. The van der Waals surface area contributed by atoms with Crippen molar-refractivity contribution in [2.45, 2.75) is 18.9 Å². The van der Waals surface area contributed by atoms with Gasteiger partial charge in [0.1, 0.15) is 11.3 Å². The van der Waals surface area contributed by atoms with E-state index in [-0.39, 0.29) is 11.8 Å². The molecule has 3 heterocycles. The zero-order valence-electron chi connectivity index (χ0n) is 13.5. The van der Waals surface area contributed by atoms with Crippen LogP contribution in [0.15, 0.2) is 40.9 Å². The lowest BCUT2D eigenvalue weighted by molar-refractivity contribution is 0.0946. The molecule has 1 aliphatic heterocycles. The minimum absolute atomic E-state index is 0.134. The lowest BCUT2D eigenvalue weighted by atomic mass is 10.0. The summed E-state index contributed by atoms with van der Waals surface area (Å²) in [7, 11) is 1.83. The Morgan fingerprint density at radius 3 is 3.08 bits per heavy atom. The van der Waals surface area contributed by atoms with Crippen LogP contribution in [0.1, 0.15) is 34.2 Å². The Morgan fingerprint density at radius 1 is 1.42 bits per heavy atom. The maximum Gasteiger partial charge on any atom is 0.255 e. The first-order valence-corrected chi connectivity index (χ1v) is 8.07. The standard InChI is InChI=1S/C18H19N3O3/c1-21-10-15(17(20-21)13-6-7-23-11-13)18(22)19-9-14-8-12-4-2-3-5-16(12)24-14/h2-5,8,10,13H,6-7,9,11H2,1H3,(H,19,22)/t13-/m1/s1. The van der Waals surface area contributed by atoms with Crippen LogP contribution in [0.5, 0.6) is 0 Å². The van der Waals surface area contributed by atoms with Crippen molar-refractivity contribution in [1.82, 2.24) is 15.1 Å². The fourth-order valence-electron chi connectivity index (χ4n) is 3.12. The molecular formula is C18H19N3O3. The summed E-state index contributed by atoms with van der Waals surface area (Å²) in [5, 5.41) is 8.42. The second-order valence-electron chi connectivity index (χ2n) is 6.10. The number of hydrogen-bond acceptors (Lipinski definition) is 4. The van der Waals surface area contributed by atoms with E-state index in [0.29, 0.717) is 18.7 Å². The molecule has 0 unspecified atom stereocenters. The Labute approximate surface area is 139 Å². The summed E-state index contributed by atoms with van der Waals surface area (Å²) in [6, 6.07) is 9.75. The highest BCUT2D eigenvalue weighted by molar-refractivity contribution is 5.95. The van der Waals surface area contributed by atoms with Crippen molar-refractivity contribution in [2.75, 3.05) is 13.2 Å². The number of benzene rings is 1. The maximum absolute atomic E-state index is 12.6. The number of hydrogen-bond donors (Lipinski definition) is 1. The number of fused-ring (bicyclic) bond motifs is 1. The van der Waals surface area contributed by atoms with E-state index >= 15 is 0 Å². The number of rotatable bonds is 4. The highest BCUT2D eigenvalue weighted by atomic mass is 16.5. The molecule has 1 aliphatic rings. The number of carbonyl (C=O) groups excluding carboxylic acids is 1. The van der Waals surface area contributed by atoms with Crippen LogP contribution in [0.2, 0.25) is 0 Å². The molecule has 6 heteroatoms. The molecule has 0 aliphatic carbocycles. The molecule has 1 fully saturated rings. The quantitative estimate of drug-likeness (QED) is 0.800. The first-order valence-electron chi connectivity index (χ1n) is 8.07. The predicted octanol–water partition coefficient (Wildman–Crippen LogP) is 2.60. The Morgan fingerprint density at radius 2 is 2.29 bits per heavy atom. The van der Waals surface area contributed by atoms with Gasteiger partial charge in [-0.15, -0.1) is 0 Å². The van der Waals surface area contributed by atoms with Crippen LogP contribution in [0, 0.1) is 0 Å². The molecule has 124 valence electrons. The van der Waals surface area contributed by atoms with Gasteiger partial charge in [-0.3, -0.25) is 9.48 Å². The molecule has 1 atom stereocenters. The largest absolute Gasteiger partial charge is 0.459 e. The molecule has 0 spiro atoms. The molecule has 1 N–H and O–H groups in total. The third kappa shape index (κ3) is 2.80. The van der Waals surface area contributed by atoms with E-state index in [1.807, 2.05) is 37.4 Å². The number of carbonyl (C=O) groups is 1. The van der Waals surface area contributed by atoms with Crippen LogP contribution >= 0.6 is 0 Å². The van der Waals surface area contributed by atoms with E-state index in [2.05, 4.69) is 10.4 Å². The molecule has 1 saturated heterocycles. The average Bonchev–Trinajstić information content (AvgIpc) is 3.30. The fourth-order valence-corrected chi connectivity index (χ4v) is 3.12. The summed E-state index contributed by atoms with van der Waals surface area (Å²) in [5.74, 6) is 0.794. The number of nitrogens with zero attached hydrogens (tertiary/aromatic N) is 2. The average molecular weight is 325 g/mol. The summed E-state index contributed by atoms with van der Waals surface area (Å²) in [6.45, 7) is 1.70. The monoisotopic (exact) mass is 325 g/mol. The fraction of sp³-hybridized carbons (Fsp3) is 0.333. The van der Waals surface area contributed by atoms with Crippen molar-refractivity contribution in [2.24, 2.45) is 7.05 Å². The number of furan rings is 1. The number of aromatic nitrogens is 2. The van der Waals surface area contributed by atoms with Gasteiger partial charge in [0.15, 0.2) is 0 Å². The van der Waals surface area contributed by atoms with Gasteiger partial charge in [0.05, 0.1) is 24.4 Å². The van der Waals surface area contributed by atoms with Gasteiger partial charge in [0.2, 0.25) is 0 Å². The normalized spacial score (nSPS) is 17.5. The van der Waals surface area contributed by atoms with E-state index in [1.165, 1.54) is 0 Å². The van der Waals surface area contributed by atoms with Gasteiger partial charge in [-0.25, -0.2) is 0 Å². The molecule has 1 amide bonds. The first kappa shape index (κ1) is 15.0. The van der Waals surface area contributed by atoms with E-state index in [1.54, 1.807) is 10.9 Å². The Hall–Kier alpha value is -2.60. The second kappa shape index (κ2) is 6.13. The predicted molar refractivity (Wildman–Crippen MR) is 88.8 cm³/mol. The van der Waals surface area contributed by atoms with Gasteiger partial charge in [-0.1, -0.05) is 18.2 Å². The van der Waals surface area contributed by atoms with Crippen molar-refractivity contribution in [3.8, 4) is 0 Å². The summed E-state index contributed by atoms with van der Waals surface area (Å²) in [4.78, 5) is 12.6. The molecule has 0 bridgehead atoms. The van der Waals surface area contributed by atoms with Gasteiger partial charge < -0.3 is 14.5 Å². The lowest BCUT2D eigenvalue weighted by Crippen LogP contribution is -2.24. The van der Waals surface area contributed by atoms with Crippen LogP contribution in [0.4, 0.5) is 0 Å². The SMILES string of the molecule is Cn1cc(C(=O)NCc2cc3ccccc3o2)c([C@@H]2CCOC2)n1. The summed E-state index contributed by atoms with van der Waals surface area (Å²) < 4.78 is 12.8. The molecular weight excluding hydrogens is 306 g/mol. The topological polar surface area (TPSA) is 69.3 Å². The highest BCUT2D eigenvalue weighted by Gasteiger charge is 2.26. The maximum atomic E-state index is 12.6. The van der Waals surface area contributed by atoms with Crippen molar-refractivity contribution in [3.05, 3.63) is 53.5 Å². The molecule has 24 heavy (non-hydrogen) atoms. The Kier molecular flexibility index (Phi) is 3.82. The number of ether oxygens (including phenoxy) is 1. The van der Waals surface area contributed by atoms with Gasteiger partial charge in [-0.2, -0.15) is 5.10 Å². The second-order valence-corrected chi connectivity index (χ2v) is 6.10. The zero-order valence-corrected chi connectivity index (χ0v) is 13.5. The number of nitrogens with one attached hydrogen (secondary N) is 1. The summed E-state index contributed by atoms with van der Waals surface area (Å²) in [5.41, 5.74) is 2.26. The van der Waals surface area contributed by atoms with E-state index < -0.39 is 0 Å². The van der Waals surface area contributed by atoms with Gasteiger partial charge in [-0.05, 0) is 18.6 Å².